The lowest BCUT2D eigenvalue weighted by atomic mass is 9.89. The van der Waals surface area contributed by atoms with Crippen molar-refractivity contribution in [3.05, 3.63) is 105 Å². The molecule has 0 amide bonds. The second-order valence-corrected chi connectivity index (χ2v) is 12.7. The standard InChI is InChI=1S/C31H31NO3S3/c1-21(32-17-15-23(16-18-32)19-22-5-3-2-4-6-22)29(25-11-13-27(33)14-12-25)35-30(34)26-9-7-24(8-10-26)28-20-37-38-31(28)36/h2-14,20-21,23,29,33H,15-19H2,1H3. The van der Waals surface area contributed by atoms with Gasteiger partial charge in [0.15, 0.2) is 0 Å². The van der Waals surface area contributed by atoms with Gasteiger partial charge in [-0.3, -0.25) is 4.90 Å². The van der Waals surface area contributed by atoms with E-state index in [2.05, 4.69) is 42.2 Å². The highest BCUT2D eigenvalue weighted by atomic mass is 32.9. The van der Waals surface area contributed by atoms with Crippen molar-refractivity contribution in [2.24, 2.45) is 5.92 Å². The summed E-state index contributed by atoms with van der Waals surface area (Å²) < 4.78 is 7.04. The number of hydrogen-bond acceptors (Lipinski definition) is 7. The molecular formula is C31H31NO3S3. The van der Waals surface area contributed by atoms with E-state index in [0.29, 0.717) is 11.5 Å². The molecule has 0 radical (unpaired) electrons. The number of esters is 1. The Labute approximate surface area is 236 Å². The van der Waals surface area contributed by atoms with Crippen LogP contribution < -0.4 is 0 Å². The number of hydrogen-bond donors (Lipinski definition) is 1. The summed E-state index contributed by atoms with van der Waals surface area (Å²) in [4.78, 5) is 15.7. The second-order valence-electron chi connectivity index (χ2n) is 9.90. The van der Waals surface area contributed by atoms with Crippen molar-refractivity contribution in [2.75, 3.05) is 13.1 Å². The number of nitrogens with zero attached hydrogens (tertiary/aromatic N) is 1. The van der Waals surface area contributed by atoms with Crippen molar-refractivity contribution in [3.8, 4) is 16.9 Å². The minimum Gasteiger partial charge on any atom is -0.508 e. The maximum absolute atomic E-state index is 13.3. The number of phenols is 1. The lowest BCUT2D eigenvalue weighted by Crippen LogP contribution is -2.44. The topological polar surface area (TPSA) is 49.8 Å². The van der Waals surface area contributed by atoms with Gasteiger partial charge in [-0.15, -0.1) is 0 Å². The van der Waals surface area contributed by atoms with E-state index in [1.54, 1.807) is 32.8 Å². The smallest absolute Gasteiger partial charge is 0.338 e. The van der Waals surface area contributed by atoms with Crippen molar-refractivity contribution in [3.63, 3.8) is 0 Å². The van der Waals surface area contributed by atoms with E-state index in [4.69, 9.17) is 17.0 Å². The number of phenolic OH excluding ortho intramolecular Hbond substituents is 1. The molecule has 1 aliphatic heterocycles. The van der Waals surface area contributed by atoms with Crippen molar-refractivity contribution in [1.29, 1.82) is 0 Å². The van der Waals surface area contributed by atoms with E-state index < -0.39 is 6.10 Å². The first kappa shape index (κ1) is 26.8. The zero-order valence-corrected chi connectivity index (χ0v) is 23.7. The van der Waals surface area contributed by atoms with Crippen molar-refractivity contribution in [1.82, 2.24) is 4.90 Å². The Morgan fingerprint density at radius 2 is 1.71 bits per heavy atom. The van der Waals surface area contributed by atoms with Gasteiger partial charge in [-0.1, -0.05) is 87.5 Å². The zero-order valence-electron chi connectivity index (χ0n) is 21.3. The molecule has 196 valence electrons. The molecule has 1 fully saturated rings. The van der Waals surface area contributed by atoms with Crippen LogP contribution in [0.1, 0.15) is 47.4 Å². The minimum absolute atomic E-state index is 0.00416. The Bertz CT molecular complexity index is 1390. The monoisotopic (exact) mass is 561 g/mol. The third-order valence-electron chi connectivity index (χ3n) is 7.43. The summed E-state index contributed by atoms with van der Waals surface area (Å²) in [6.07, 6.45) is 2.89. The number of ether oxygens (including phenoxy) is 1. The van der Waals surface area contributed by atoms with Crippen LogP contribution in [0.2, 0.25) is 0 Å². The van der Waals surface area contributed by atoms with E-state index in [-0.39, 0.29) is 17.8 Å². The van der Waals surface area contributed by atoms with Gasteiger partial charge in [-0.05, 0) is 86.1 Å². The Kier molecular flexibility index (Phi) is 8.69. The number of piperidine rings is 1. The number of likely N-dealkylation sites (tertiary alicyclic amines) is 1. The molecule has 2 heterocycles. The number of aromatic hydroxyl groups is 1. The predicted octanol–water partition coefficient (Wildman–Crippen LogP) is 8.15. The average Bonchev–Trinajstić information content (AvgIpc) is 3.38. The van der Waals surface area contributed by atoms with E-state index in [1.165, 1.54) is 5.56 Å². The molecule has 4 aromatic rings. The van der Waals surface area contributed by atoms with Gasteiger partial charge in [0.25, 0.3) is 0 Å². The number of benzene rings is 3. The average molecular weight is 562 g/mol. The quantitative estimate of drug-likeness (QED) is 0.134. The molecule has 1 aromatic heterocycles. The van der Waals surface area contributed by atoms with Crippen LogP contribution in [0.5, 0.6) is 5.75 Å². The summed E-state index contributed by atoms with van der Waals surface area (Å²) in [6, 6.07) is 25.2. The SMILES string of the molecule is CC(C(OC(=O)c1ccc(-c2cssc2=S)cc1)c1ccc(O)cc1)N1CCC(Cc2ccccc2)CC1. The van der Waals surface area contributed by atoms with E-state index >= 15 is 0 Å². The van der Waals surface area contributed by atoms with Crippen LogP contribution in [-0.4, -0.2) is 35.1 Å². The summed E-state index contributed by atoms with van der Waals surface area (Å²) >= 11 is 5.42. The number of carbonyl (C=O) groups is 1. The summed E-state index contributed by atoms with van der Waals surface area (Å²) in [6.45, 7) is 4.06. The van der Waals surface area contributed by atoms with Crippen LogP contribution in [0.25, 0.3) is 11.1 Å². The third-order valence-corrected chi connectivity index (χ3v) is 10.1. The lowest BCUT2D eigenvalue weighted by molar-refractivity contribution is -0.00613. The van der Waals surface area contributed by atoms with Gasteiger partial charge in [-0.2, -0.15) is 0 Å². The normalized spacial score (nSPS) is 16.1. The molecule has 1 aliphatic rings. The Hall–Kier alpha value is -2.84. The number of carbonyl (C=O) groups excluding carboxylic acids is 1. The molecule has 2 unspecified atom stereocenters. The van der Waals surface area contributed by atoms with Gasteiger partial charge >= 0.3 is 5.97 Å². The lowest BCUT2D eigenvalue weighted by Gasteiger charge is -2.39. The Balaban J connectivity index is 1.28. The summed E-state index contributed by atoms with van der Waals surface area (Å²) in [5.74, 6) is 0.500. The molecule has 0 spiro atoms. The molecule has 38 heavy (non-hydrogen) atoms. The zero-order chi connectivity index (χ0) is 26.5. The fourth-order valence-corrected chi connectivity index (χ4v) is 7.57. The molecule has 5 rings (SSSR count). The van der Waals surface area contributed by atoms with E-state index in [0.717, 1.165) is 52.9 Å². The Morgan fingerprint density at radius 3 is 2.34 bits per heavy atom. The first-order valence-electron chi connectivity index (χ1n) is 12.9. The largest absolute Gasteiger partial charge is 0.508 e. The molecule has 1 saturated heterocycles. The van der Waals surface area contributed by atoms with Crippen molar-refractivity contribution >= 4 is 38.9 Å². The first-order valence-corrected chi connectivity index (χ1v) is 15.6. The molecule has 0 bridgehead atoms. The van der Waals surface area contributed by atoms with E-state index in [1.807, 2.05) is 41.8 Å². The fraction of sp³-hybridized carbons (Fsp3) is 0.290. The van der Waals surface area contributed by atoms with Crippen LogP contribution in [0.15, 0.2) is 84.2 Å². The predicted molar refractivity (Wildman–Crippen MR) is 159 cm³/mol. The van der Waals surface area contributed by atoms with Crippen LogP contribution in [0.4, 0.5) is 0 Å². The molecule has 4 nitrogen and oxygen atoms in total. The summed E-state index contributed by atoms with van der Waals surface area (Å²) in [5, 5.41) is 11.9. The molecule has 7 heteroatoms. The second kappa shape index (κ2) is 12.3. The molecular weight excluding hydrogens is 531 g/mol. The third kappa shape index (κ3) is 6.41. The summed E-state index contributed by atoms with van der Waals surface area (Å²) in [7, 11) is 3.19. The van der Waals surface area contributed by atoms with Gasteiger partial charge in [0.2, 0.25) is 0 Å². The van der Waals surface area contributed by atoms with Crippen molar-refractivity contribution < 1.29 is 14.6 Å². The van der Waals surface area contributed by atoms with Crippen LogP contribution >= 0.6 is 32.9 Å². The van der Waals surface area contributed by atoms with Gasteiger partial charge in [-0.25, -0.2) is 4.79 Å². The fourth-order valence-electron chi connectivity index (χ4n) is 5.18. The number of rotatable bonds is 8. The highest BCUT2D eigenvalue weighted by Gasteiger charge is 2.31. The Morgan fingerprint density at radius 1 is 1.03 bits per heavy atom. The van der Waals surface area contributed by atoms with Crippen LogP contribution in [0.3, 0.4) is 0 Å². The maximum Gasteiger partial charge on any atom is 0.338 e. The molecule has 0 aliphatic carbocycles. The molecule has 0 saturated carbocycles. The highest BCUT2D eigenvalue weighted by Crippen LogP contribution is 2.32. The minimum atomic E-state index is -0.452. The molecule has 3 aromatic carbocycles. The van der Waals surface area contributed by atoms with Crippen LogP contribution in [-0.2, 0) is 11.2 Å². The first-order chi connectivity index (χ1) is 18.5. The van der Waals surface area contributed by atoms with Crippen molar-refractivity contribution in [2.45, 2.75) is 38.3 Å². The van der Waals surface area contributed by atoms with Gasteiger partial charge in [0.1, 0.15) is 15.7 Å². The van der Waals surface area contributed by atoms with Crippen LogP contribution in [0, 0.1) is 9.74 Å². The molecule has 2 atom stereocenters. The van der Waals surface area contributed by atoms with Gasteiger partial charge < -0.3 is 9.84 Å². The van der Waals surface area contributed by atoms with Gasteiger partial charge in [0, 0.05) is 17.0 Å². The summed E-state index contributed by atoms with van der Waals surface area (Å²) in [5.41, 5.74) is 4.81. The highest BCUT2D eigenvalue weighted by molar-refractivity contribution is 7.79. The molecule has 1 N–H and O–H groups in total. The maximum atomic E-state index is 13.3. The van der Waals surface area contributed by atoms with E-state index in [9.17, 15) is 9.90 Å². The van der Waals surface area contributed by atoms with Gasteiger partial charge in [0.05, 0.1) is 5.56 Å².